The quantitative estimate of drug-likeness (QED) is 0.476. The van der Waals surface area contributed by atoms with E-state index in [4.69, 9.17) is 9.15 Å². The highest BCUT2D eigenvalue weighted by molar-refractivity contribution is 6.02. The predicted octanol–water partition coefficient (Wildman–Crippen LogP) is 4.76. The molecule has 0 aliphatic rings. The van der Waals surface area contributed by atoms with Gasteiger partial charge in [-0.15, -0.1) is 0 Å². The van der Waals surface area contributed by atoms with Crippen molar-refractivity contribution in [2.75, 3.05) is 22.5 Å². The highest BCUT2D eigenvalue weighted by atomic mass is 16.5. The van der Waals surface area contributed by atoms with Crippen LogP contribution in [0.1, 0.15) is 30.8 Å². The highest BCUT2D eigenvalue weighted by Gasteiger charge is 2.09. The van der Waals surface area contributed by atoms with Gasteiger partial charge in [0.05, 0.1) is 18.9 Å². The number of hydrogen-bond acceptors (Lipinski definition) is 5. The van der Waals surface area contributed by atoms with Gasteiger partial charge in [-0.05, 0) is 67.9 Å². The van der Waals surface area contributed by atoms with Crippen molar-refractivity contribution >= 4 is 28.9 Å². The SMILES string of the molecule is CCC(C)Oc1ccc(NCC(=O)Nc2cccc(NC(=O)c3ccco3)c2)cc1. The molecule has 30 heavy (non-hydrogen) atoms. The Labute approximate surface area is 175 Å². The molecule has 3 aromatic rings. The number of ether oxygens (including phenoxy) is 1. The van der Waals surface area contributed by atoms with E-state index in [9.17, 15) is 9.59 Å². The van der Waals surface area contributed by atoms with Gasteiger partial charge in [-0.3, -0.25) is 9.59 Å². The number of carbonyl (C=O) groups is 2. The van der Waals surface area contributed by atoms with Crippen LogP contribution in [0.4, 0.5) is 17.1 Å². The smallest absolute Gasteiger partial charge is 0.291 e. The van der Waals surface area contributed by atoms with E-state index >= 15 is 0 Å². The van der Waals surface area contributed by atoms with E-state index < -0.39 is 0 Å². The maximum Gasteiger partial charge on any atom is 0.291 e. The molecule has 0 aliphatic heterocycles. The minimum atomic E-state index is -0.356. The fourth-order valence-electron chi connectivity index (χ4n) is 2.63. The summed E-state index contributed by atoms with van der Waals surface area (Å²) in [6.45, 7) is 4.20. The number of benzene rings is 2. The molecule has 2 amide bonds. The van der Waals surface area contributed by atoms with E-state index in [0.29, 0.717) is 11.4 Å². The van der Waals surface area contributed by atoms with Gasteiger partial charge in [-0.1, -0.05) is 13.0 Å². The van der Waals surface area contributed by atoms with Crippen LogP contribution < -0.4 is 20.7 Å². The van der Waals surface area contributed by atoms with Gasteiger partial charge < -0.3 is 25.1 Å². The van der Waals surface area contributed by atoms with Gasteiger partial charge in [0.15, 0.2) is 5.76 Å². The Balaban J connectivity index is 1.49. The van der Waals surface area contributed by atoms with Crippen molar-refractivity contribution in [1.29, 1.82) is 0 Å². The molecule has 0 radical (unpaired) electrons. The Morgan fingerprint density at radius 1 is 0.967 bits per heavy atom. The minimum Gasteiger partial charge on any atom is -0.491 e. The number of rotatable bonds is 9. The molecule has 0 bridgehead atoms. The van der Waals surface area contributed by atoms with Crippen LogP contribution >= 0.6 is 0 Å². The highest BCUT2D eigenvalue weighted by Crippen LogP contribution is 2.18. The minimum absolute atomic E-state index is 0.106. The summed E-state index contributed by atoms with van der Waals surface area (Å²) in [5, 5.41) is 8.61. The van der Waals surface area contributed by atoms with Gasteiger partial charge in [-0.25, -0.2) is 0 Å². The zero-order valence-electron chi connectivity index (χ0n) is 17.0. The fraction of sp³-hybridized carbons (Fsp3) is 0.217. The zero-order valence-corrected chi connectivity index (χ0v) is 17.0. The Hall–Kier alpha value is -3.74. The summed E-state index contributed by atoms with van der Waals surface area (Å²) in [4.78, 5) is 24.3. The summed E-state index contributed by atoms with van der Waals surface area (Å²) in [6.07, 6.45) is 2.54. The van der Waals surface area contributed by atoms with E-state index in [-0.39, 0.29) is 30.2 Å². The summed E-state index contributed by atoms with van der Waals surface area (Å²) in [7, 11) is 0. The molecule has 1 heterocycles. The summed E-state index contributed by atoms with van der Waals surface area (Å²) in [5.41, 5.74) is 1.96. The first-order valence-corrected chi connectivity index (χ1v) is 9.79. The largest absolute Gasteiger partial charge is 0.491 e. The first-order chi connectivity index (χ1) is 14.5. The Kier molecular flexibility index (Phi) is 7.10. The van der Waals surface area contributed by atoms with Gasteiger partial charge in [0, 0.05) is 17.1 Å². The molecule has 0 fully saturated rings. The topological polar surface area (TPSA) is 92.6 Å². The second kappa shape index (κ2) is 10.2. The van der Waals surface area contributed by atoms with Crippen LogP contribution in [0.2, 0.25) is 0 Å². The maximum absolute atomic E-state index is 12.3. The van der Waals surface area contributed by atoms with Crippen LogP contribution in [0, 0.1) is 0 Å². The Morgan fingerprint density at radius 2 is 1.70 bits per heavy atom. The standard InChI is InChI=1S/C23H25N3O4/c1-3-16(2)30-20-11-9-17(10-12-20)24-15-22(27)25-18-6-4-7-19(14-18)26-23(28)21-8-5-13-29-21/h4-14,16,24H,3,15H2,1-2H3,(H,25,27)(H,26,28). The van der Waals surface area contributed by atoms with Gasteiger partial charge in [-0.2, -0.15) is 0 Å². The number of hydrogen-bond donors (Lipinski definition) is 3. The van der Waals surface area contributed by atoms with E-state index in [0.717, 1.165) is 17.9 Å². The fourth-order valence-corrected chi connectivity index (χ4v) is 2.63. The van der Waals surface area contributed by atoms with Crippen LogP contribution in [0.3, 0.4) is 0 Å². The lowest BCUT2D eigenvalue weighted by Gasteiger charge is -2.13. The van der Waals surface area contributed by atoms with Crippen LogP contribution in [-0.2, 0) is 4.79 Å². The van der Waals surface area contributed by atoms with Crippen LogP contribution in [0.25, 0.3) is 0 Å². The number of carbonyl (C=O) groups excluding carboxylic acids is 2. The molecule has 0 saturated carbocycles. The lowest BCUT2D eigenvalue weighted by atomic mass is 10.2. The van der Waals surface area contributed by atoms with Crippen LogP contribution in [-0.4, -0.2) is 24.5 Å². The average molecular weight is 407 g/mol. The summed E-state index contributed by atoms with van der Waals surface area (Å²) < 4.78 is 10.8. The number of nitrogens with one attached hydrogen (secondary N) is 3. The van der Waals surface area contributed by atoms with Gasteiger partial charge >= 0.3 is 0 Å². The molecule has 156 valence electrons. The van der Waals surface area contributed by atoms with E-state index in [2.05, 4.69) is 22.9 Å². The first-order valence-electron chi connectivity index (χ1n) is 9.79. The molecule has 3 rings (SSSR count). The lowest BCUT2D eigenvalue weighted by molar-refractivity contribution is -0.114. The van der Waals surface area contributed by atoms with E-state index in [1.54, 1.807) is 36.4 Å². The van der Waals surface area contributed by atoms with Crippen molar-refractivity contribution in [3.63, 3.8) is 0 Å². The van der Waals surface area contributed by atoms with Crippen molar-refractivity contribution in [2.45, 2.75) is 26.4 Å². The molecule has 0 aliphatic carbocycles. The third kappa shape index (κ3) is 6.13. The van der Waals surface area contributed by atoms with Gasteiger partial charge in [0.1, 0.15) is 5.75 Å². The van der Waals surface area contributed by atoms with Crippen LogP contribution in [0.5, 0.6) is 5.75 Å². The Morgan fingerprint density at radius 3 is 2.37 bits per heavy atom. The molecule has 0 spiro atoms. The number of anilines is 3. The normalized spacial score (nSPS) is 11.4. The van der Waals surface area contributed by atoms with Gasteiger partial charge in [0.2, 0.25) is 5.91 Å². The maximum atomic E-state index is 12.3. The molecule has 7 heteroatoms. The molecule has 1 unspecified atom stereocenters. The molecular formula is C23H25N3O4. The molecule has 7 nitrogen and oxygen atoms in total. The third-order valence-electron chi connectivity index (χ3n) is 4.37. The molecular weight excluding hydrogens is 382 g/mol. The lowest BCUT2D eigenvalue weighted by Crippen LogP contribution is -2.21. The Bertz CT molecular complexity index is 968. The summed E-state index contributed by atoms with van der Waals surface area (Å²) in [6, 6.07) is 17.6. The van der Waals surface area contributed by atoms with Crippen molar-refractivity contribution < 1.29 is 18.7 Å². The predicted molar refractivity (Wildman–Crippen MR) is 117 cm³/mol. The second-order valence-corrected chi connectivity index (χ2v) is 6.78. The third-order valence-corrected chi connectivity index (χ3v) is 4.37. The van der Waals surface area contributed by atoms with Gasteiger partial charge in [0.25, 0.3) is 5.91 Å². The van der Waals surface area contributed by atoms with Crippen molar-refractivity contribution in [3.05, 3.63) is 72.7 Å². The second-order valence-electron chi connectivity index (χ2n) is 6.78. The zero-order chi connectivity index (χ0) is 21.3. The van der Waals surface area contributed by atoms with E-state index in [1.165, 1.54) is 6.26 Å². The first kappa shape index (κ1) is 21.0. The number of amides is 2. The number of furan rings is 1. The van der Waals surface area contributed by atoms with Crippen molar-refractivity contribution in [1.82, 2.24) is 0 Å². The molecule has 0 saturated heterocycles. The molecule has 3 N–H and O–H groups in total. The summed E-state index contributed by atoms with van der Waals surface area (Å²) >= 11 is 0. The monoisotopic (exact) mass is 407 g/mol. The van der Waals surface area contributed by atoms with Crippen molar-refractivity contribution in [2.24, 2.45) is 0 Å². The molecule has 1 atom stereocenters. The molecule has 1 aromatic heterocycles. The summed E-state index contributed by atoms with van der Waals surface area (Å²) in [5.74, 6) is 0.456. The molecule has 2 aromatic carbocycles. The van der Waals surface area contributed by atoms with Crippen LogP contribution in [0.15, 0.2) is 71.3 Å². The average Bonchev–Trinajstić information content (AvgIpc) is 3.28. The van der Waals surface area contributed by atoms with Crippen molar-refractivity contribution in [3.8, 4) is 5.75 Å². The van der Waals surface area contributed by atoms with E-state index in [1.807, 2.05) is 31.2 Å².